The summed E-state index contributed by atoms with van der Waals surface area (Å²) in [6, 6.07) is 0. The molecule has 1 saturated carbocycles. The first-order valence-corrected chi connectivity index (χ1v) is 4.92. The van der Waals surface area contributed by atoms with Crippen molar-refractivity contribution < 1.29 is 14.4 Å². The second-order valence-electron chi connectivity index (χ2n) is 2.64. The monoisotopic (exact) mass is 150 g/mol. The van der Waals surface area contributed by atoms with Gasteiger partial charge in [-0.05, 0) is 18.8 Å². The normalized spacial score (nSPS) is 21.6. The van der Waals surface area contributed by atoms with E-state index in [9.17, 15) is 4.57 Å². The molecule has 3 nitrogen and oxygen atoms in total. The Morgan fingerprint density at radius 1 is 1.44 bits per heavy atom. The molecule has 1 aliphatic carbocycles. The van der Waals surface area contributed by atoms with Gasteiger partial charge in [-0.25, -0.2) is 0 Å². The van der Waals surface area contributed by atoms with E-state index in [1.54, 1.807) is 0 Å². The summed E-state index contributed by atoms with van der Waals surface area (Å²) in [7, 11) is -3.69. The van der Waals surface area contributed by atoms with Crippen molar-refractivity contribution in [3.05, 3.63) is 0 Å². The Hall–Kier alpha value is 0.150. The number of hydrogen-bond donors (Lipinski definition) is 2. The summed E-state index contributed by atoms with van der Waals surface area (Å²) in [5, 5.41) is 0. The molecule has 1 aliphatic rings. The van der Waals surface area contributed by atoms with Crippen LogP contribution in [0.3, 0.4) is 0 Å². The summed E-state index contributed by atoms with van der Waals surface area (Å²) in [5.41, 5.74) is 0. The zero-order valence-electron chi connectivity index (χ0n) is 5.16. The lowest BCUT2D eigenvalue weighted by molar-refractivity contribution is 0.308. The fourth-order valence-electron chi connectivity index (χ4n) is 1.01. The maximum Gasteiger partial charge on any atom is 0.325 e. The molecule has 0 atom stereocenters. The van der Waals surface area contributed by atoms with E-state index in [-0.39, 0.29) is 6.16 Å². The van der Waals surface area contributed by atoms with Gasteiger partial charge in [0, 0.05) is 0 Å². The van der Waals surface area contributed by atoms with E-state index in [0.29, 0.717) is 5.92 Å². The summed E-state index contributed by atoms with van der Waals surface area (Å²) in [6.45, 7) is 0. The summed E-state index contributed by atoms with van der Waals surface area (Å²) in [6.07, 6.45) is 3.26. The Bertz CT molecular complexity index is 135. The van der Waals surface area contributed by atoms with Crippen molar-refractivity contribution in [3.63, 3.8) is 0 Å². The Morgan fingerprint density at radius 2 is 2.00 bits per heavy atom. The fourth-order valence-corrected chi connectivity index (χ4v) is 2.05. The zero-order chi connectivity index (χ0) is 6.91. The lowest BCUT2D eigenvalue weighted by atomic mass is 9.87. The van der Waals surface area contributed by atoms with Crippen molar-refractivity contribution in [2.24, 2.45) is 5.92 Å². The molecule has 0 aromatic carbocycles. The Kier molecular flexibility index (Phi) is 1.94. The topological polar surface area (TPSA) is 57.5 Å². The molecule has 9 heavy (non-hydrogen) atoms. The average Bonchev–Trinajstić information content (AvgIpc) is 1.53. The predicted octanol–water partition coefficient (Wildman–Crippen LogP) is 0.964. The van der Waals surface area contributed by atoms with E-state index >= 15 is 0 Å². The van der Waals surface area contributed by atoms with Gasteiger partial charge in [0.2, 0.25) is 0 Å². The van der Waals surface area contributed by atoms with E-state index in [2.05, 4.69) is 0 Å². The number of hydrogen-bond acceptors (Lipinski definition) is 1. The number of rotatable bonds is 2. The Balaban J connectivity index is 2.24. The summed E-state index contributed by atoms with van der Waals surface area (Å²) >= 11 is 0. The molecule has 0 aromatic heterocycles. The molecule has 1 fully saturated rings. The van der Waals surface area contributed by atoms with Gasteiger partial charge in [-0.15, -0.1) is 0 Å². The van der Waals surface area contributed by atoms with Gasteiger partial charge >= 0.3 is 7.60 Å². The van der Waals surface area contributed by atoms with Crippen molar-refractivity contribution in [3.8, 4) is 0 Å². The molecule has 54 valence electrons. The quantitative estimate of drug-likeness (QED) is 0.576. The highest BCUT2D eigenvalue weighted by molar-refractivity contribution is 7.51. The van der Waals surface area contributed by atoms with Crippen LogP contribution in [0.1, 0.15) is 19.3 Å². The molecule has 0 spiro atoms. The van der Waals surface area contributed by atoms with Crippen molar-refractivity contribution in [1.29, 1.82) is 0 Å². The second-order valence-corrected chi connectivity index (χ2v) is 4.34. The van der Waals surface area contributed by atoms with Gasteiger partial charge in [-0.3, -0.25) is 4.57 Å². The van der Waals surface area contributed by atoms with Crippen LogP contribution in [-0.2, 0) is 4.57 Å². The van der Waals surface area contributed by atoms with Crippen molar-refractivity contribution in [2.75, 3.05) is 6.16 Å². The van der Waals surface area contributed by atoms with Crippen molar-refractivity contribution in [1.82, 2.24) is 0 Å². The molecule has 0 amide bonds. The van der Waals surface area contributed by atoms with Crippen LogP contribution < -0.4 is 0 Å². The average molecular weight is 150 g/mol. The van der Waals surface area contributed by atoms with Crippen LogP contribution >= 0.6 is 7.60 Å². The first-order valence-electron chi connectivity index (χ1n) is 3.12. The minimum Gasteiger partial charge on any atom is -0.324 e. The van der Waals surface area contributed by atoms with Crippen LogP contribution in [0.4, 0.5) is 0 Å². The van der Waals surface area contributed by atoms with Crippen LogP contribution in [0.2, 0.25) is 0 Å². The van der Waals surface area contributed by atoms with Crippen molar-refractivity contribution >= 4 is 7.60 Å². The molecular weight excluding hydrogens is 139 g/mol. The second kappa shape index (κ2) is 2.41. The highest BCUT2D eigenvalue weighted by Crippen LogP contribution is 2.42. The van der Waals surface area contributed by atoms with Crippen LogP contribution in [0.5, 0.6) is 0 Å². The molecule has 4 heteroatoms. The molecule has 0 unspecified atom stereocenters. The minimum atomic E-state index is -3.69. The smallest absolute Gasteiger partial charge is 0.324 e. The third-order valence-corrected chi connectivity index (χ3v) is 2.71. The SMILES string of the molecule is O=P(O)(O)CC1CCC1. The Labute approximate surface area is 54.2 Å². The molecule has 0 aliphatic heterocycles. The standard InChI is InChI=1S/C5H11O3P/c6-9(7,8)4-5-2-1-3-5/h5H,1-4H2,(H2,6,7,8). The predicted molar refractivity (Wildman–Crippen MR) is 34.3 cm³/mol. The summed E-state index contributed by atoms with van der Waals surface area (Å²) < 4.78 is 10.3. The maximum absolute atomic E-state index is 10.3. The van der Waals surface area contributed by atoms with Crippen LogP contribution in [0.25, 0.3) is 0 Å². The molecule has 0 saturated heterocycles. The molecule has 1 rings (SSSR count). The zero-order valence-corrected chi connectivity index (χ0v) is 6.05. The van der Waals surface area contributed by atoms with E-state index in [1.807, 2.05) is 0 Å². The largest absolute Gasteiger partial charge is 0.325 e. The van der Waals surface area contributed by atoms with Gasteiger partial charge in [0.1, 0.15) is 0 Å². The lowest BCUT2D eigenvalue weighted by Crippen LogP contribution is -2.15. The summed E-state index contributed by atoms with van der Waals surface area (Å²) in [5.74, 6) is 0.311. The first kappa shape index (κ1) is 7.26. The Morgan fingerprint density at radius 3 is 2.11 bits per heavy atom. The highest BCUT2D eigenvalue weighted by Gasteiger charge is 2.25. The van der Waals surface area contributed by atoms with Gasteiger partial charge in [0.15, 0.2) is 0 Å². The first-order chi connectivity index (χ1) is 4.08. The third-order valence-electron chi connectivity index (χ3n) is 1.72. The lowest BCUT2D eigenvalue weighted by Gasteiger charge is -2.24. The van der Waals surface area contributed by atoms with Crippen LogP contribution in [0, 0.1) is 5.92 Å². The fraction of sp³-hybridized carbons (Fsp3) is 1.00. The highest BCUT2D eigenvalue weighted by atomic mass is 31.2. The minimum absolute atomic E-state index is 0.104. The van der Waals surface area contributed by atoms with Gasteiger partial charge in [0.25, 0.3) is 0 Å². The molecule has 2 N–H and O–H groups in total. The van der Waals surface area contributed by atoms with E-state index in [1.165, 1.54) is 0 Å². The van der Waals surface area contributed by atoms with Gasteiger partial charge in [0.05, 0.1) is 6.16 Å². The van der Waals surface area contributed by atoms with Gasteiger partial charge in [-0.2, -0.15) is 0 Å². The van der Waals surface area contributed by atoms with Crippen molar-refractivity contribution in [2.45, 2.75) is 19.3 Å². The van der Waals surface area contributed by atoms with E-state index in [4.69, 9.17) is 9.79 Å². The van der Waals surface area contributed by atoms with Crippen LogP contribution in [-0.4, -0.2) is 15.9 Å². The molecule has 0 bridgehead atoms. The summed E-state index contributed by atoms with van der Waals surface area (Å²) in [4.78, 5) is 16.9. The molecular formula is C5H11O3P. The molecule has 0 aromatic rings. The van der Waals surface area contributed by atoms with Gasteiger partial charge < -0.3 is 9.79 Å². The molecule has 0 radical (unpaired) electrons. The van der Waals surface area contributed by atoms with Gasteiger partial charge in [-0.1, -0.05) is 6.42 Å². The molecule has 0 heterocycles. The third kappa shape index (κ3) is 2.48. The van der Waals surface area contributed by atoms with E-state index < -0.39 is 7.60 Å². The van der Waals surface area contributed by atoms with Crippen LogP contribution in [0.15, 0.2) is 0 Å². The van der Waals surface area contributed by atoms with E-state index in [0.717, 1.165) is 19.3 Å². The maximum atomic E-state index is 10.3.